The van der Waals surface area contributed by atoms with Gasteiger partial charge in [-0.3, -0.25) is 4.90 Å². The molecule has 0 aliphatic carbocycles. The van der Waals surface area contributed by atoms with Gasteiger partial charge in [0, 0.05) is 13.1 Å². The Morgan fingerprint density at radius 2 is 1.71 bits per heavy atom. The number of fused-ring (bicyclic) bond motifs is 1. The number of aldehydes is 1. The highest BCUT2D eigenvalue weighted by Gasteiger charge is 2.22. The number of hydrogen-bond donors (Lipinski definition) is 1. The van der Waals surface area contributed by atoms with E-state index < -0.39 is 0 Å². The summed E-state index contributed by atoms with van der Waals surface area (Å²) >= 11 is 0. The van der Waals surface area contributed by atoms with Gasteiger partial charge in [-0.25, -0.2) is 0 Å². The third kappa shape index (κ3) is 3.54. The summed E-state index contributed by atoms with van der Waals surface area (Å²) in [6, 6.07) is 4.03. The fourth-order valence-corrected chi connectivity index (χ4v) is 2.91. The first-order valence-corrected chi connectivity index (χ1v) is 7.36. The van der Waals surface area contributed by atoms with Crippen molar-refractivity contribution in [3.05, 3.63) is 23.3 Å². The van der Waals surface area contributed by atoms with E-state index >= 15 is 0 Å². The zero-order valence-electron chi connectivity index (χ0n) is 12.8. The van der Waals surface area contributed by atoms with Gasteiger partial charge in [0.25, 0.3) is 0 Å². The molecular weight excluding hydrogens is 268 g/mol. The van der Waals surface area contributed by atoms with Crippen LogP contribution in [-0.4, -0.2) is 51.1 Å². The van der Waals surface area contributed by atoms with Crippen LogP contribution in [0, 0.1) is 0 Å². The van der Waals surface area contributed by atoms with E-state index in [4.69, 9.17) is 15.2 Å². The molecule has 21 heavy (non-hydrogen) atoms. The SMILES string of the molecule is COc1cc2c(cc1OC)CCN(C(C=O)CCN)CC2. The summed E-state index contributed by atoms with van der Waals surface area (Å²) in [6.07, 6.45) is 3.55. The minimum Gasteiger partial charge on any atom is -0.493 e. The summed E-state index contributed by atoms with van der Waals surface area (Å²) < 4.78 is 10.7. The maximum absolute atomic E-state index is 11.2. The van der Waals surface area contributed by atoms with Crippen LogP contribution in [0.15, 0.2) is 12.1 Å². The second-order valence-corrected chi connectivity index (χ2v) is 5.29. The Kier molecular flexibility index (Phi) is 5.59. The first kappa shape index (κ1) is 15.8. The molecule has 1 aromatic rings. The lowest BCUT2D eigenvalue weighted by molar-refractivity contribution is -0.112. The van der Waals surface area contributed by atoms with Crippen molar-refractivity contribution in [3.63, 3.8) is 0 Å². The molecule has 0 aromatic heterocycles. The van der Waals surface area contributed by atoms with Crippen LogP contribution in [0.2, 0.25) is 0 Å². The van der Waals surface area contributed by atoms with Gasteiger partial charge in [-0.2, -0.15) is 0 Å². The molecule has 1 unspecified atom stereocenters. The Morgan fingerprint density at radius 1 is 1.19 bits per heavy atom. The molecule has 2 N–H and O–H groups in total. The third-order valence-corrected chi connectivity index (χ3v) is 4.13. The largest absolute Gasteiger partial charge is 0.493 e. The van der Waals surface area contributed by atoms with Gasteiger partial charge in [0.15, 0.2) is 11.5 Å². The molecule has 116 valence electrons. The normalized spacial score (nSPS) is 16.7. The zero-order chi connectivity index (χ0) is 15.2. The van der Waals surface area contributed by atoms with Gasteiger partial charge in [-0.05, 0) is 49.1 Å². The summed E-state index contributed by atoms with van der Waals surface area (Å²) in [5.74, 6) is 1.53. The third-order valence-electron chi connectivity index (χ3n) is 4.13. The number of nitrogens with zero attached hydrogens (tertiary/aromatic N) is 1. The van der Waals surface area contributed by atoms with Crippen molar-refractivity contribution < 1.29 is 14.3 Å². The maximum Gasteiger partial charge on any atom is 0.161 e. The van der Waals surface area contributed by atoms with E-state index in [9.17, 15) is 4.79 Å². The molecule has 1 heterocycles. The van der Waals surface area contributed by atoms with Crippen LogP contribution in [0.25, 0.3) is 0 Å². The second-order valence-electron chi connectivity index (χ2n) is 5.29. The highest BCUT2D eigenvalue weighted by molar-refractivity contribution is 5.57. The lowest BCUT2D eigenvalue weighted by atomic mass is 10.0. The van der Waals surface area contributed by atoms with E-state index in [1.54, 1.807) is 14.2 Å². The molecule has 5 heteroatoms. The molecule has 0 amide bonds. The molecule has 0 spiro atoms. The number of ether oxygens (including phenoxy) is 2. The van der Waals surface area contributed by atoms with Crippen molar-refractivity contribution in [1.29, 1.82) is 0 Å². The van der Waals surface area contributed by atoms with Crippen molar-refractivity contribution in [1.82, 2.24) is 4.90 Å². The van der Waals surface area contributed by atoms with Gasteiger partial charge in [-0.15, -0.1) is 0 Å². The molecule has 1 atom stereocenters. The Morgan fingerprint density at radius 3 is 2.10 bits per heavy atom. The zero-order valence-corrected chi connectivity index (χ0v) is 12.8. The molecule has 0 fully saturated rings. The summed E-state index contributed by atoms with van der Waals surface area (Å²) in [5, 5.41) is 0. The highest BCUT2D eigenvalue weighted by Crippen LogP contribution is 2.32. The molecule has 1 aliphatic heterocycles. The Bertz CT molecular complexity index is 456. The minimum atomic E-state index is -0.0758. The van der Waals surface area contributed by atoms with E-state index in [0.29, 0.717) is 13.0 Å². The molecule has 0 saturated heterocycles. The summed E-state index contributed by atoms with van der Waals surface area (Å²) in [4.78, 5) is 13.5. The predicted molar refractivity (Wildman–Crippen MR) is 82.1 cm³/mol. The van der Waals surface area contributed by atoms with Crippen molar-refractivity contribution >= 4 is 6.29 Å². The number of rotatable bonds is 6. The van der Waals surface area contributed by atoms with Gasteiger partial charge >= 0.3 is 0 Å². The Hall–Kier alpha value is -1.59. The van der Waals surface area contributed by atoms with E-state index in [0.717, 1.165) is 43.7 Å². The molecule has 1 aliphatic rings. The smallest absolute Gasteiger partial charge is 0.161 e. The lowest BCUT2D eigenvalue weighted by Crippen LogP contribution is -2.39. The van der Waals surface area contributed by atoms with Gasteiger partial charge < -0.3 is 20.0 Å². The lowest BCUT2D eigenvalue weighted by Gasteiger charge is -2.25. The van der Waals surface area contributed by atoms with Crippen LogP contribution in [0.5, 0.6) is 11.5 Å². The first-order valence-electron chi connectivity index (χ1n) is 7.36. The van der Waals surface area contributed by atoms with Crippen LogP contribution in [-0.2, 0) is 17.6 Å². The summed E-state index contributed by atoms with van der Waals surface area (Å²) in [7, 11) is 3.30. The van der Waals surface area contributed by atoms with Gasteiger partial charge in [0.1, 0.15) is 6.29 Å². The number of nitrogens with two attached hydrogens (primary N) is 1. The number of carbonyl (C=O) groups excluding carboxylic acids is 1. The van der Waals surface area contributed by atoms with Crippen LogP contribution >= 0.6 is 0 Å². The average molecular weight is 292 g/mol. The van der Waals surface area contributed by atoms with E-state index in [2.05, 4.69) is 17.0 Å². The predicted octanol–water partition coefficient (Wildman–Crippen LogP) is 1.02. The number of hydrogen-bond acceptors (Lipinski definition) is 5. The molecule has 1 aromatic carbocycles. The van der Waals surface area contributed by atoms with Gasteiger partial charge in [0.05, 0.1) is 20.3 Å². The number of benzene rings is 1. The summed E-state index contributed by atoms with van der Waals surface area (Å²) in [5.41, 5.74) is 8.13. The second kappa shape index (κ2) is 7.43. The molecule has 0 bridgehead atoms. The maximum atomic E-state index is 11.2. The van der Waals surface area contributed by atoms with Crippen molar-refractivity contribution in [2.75, 3.05) is 33.9 Å². The van der Waals surface area contributed by atoms with Crippen molar-refractivity contribution in [2.24, 2.45) is 5.73 Å². The topological polar surface area (TPSA) is 64.8 Å². The fourth-order valence-electron chi connectivity index (χ4n) is 2.91. The van der Waals surface area contributed by atoms with Gasteiger partial charge in [-0.1, -0.05) is 0 Å². The fraction of sp³-hybridized carbons (Fsp3) is 0.562. The number of methoxy groups -OCH3 is 2. The van der Waals surface area contributed by atoms with Crippen LogP contribution in [0.4, 0.5) is 0 Å². The first-order chi connectivity index (χ1) is 10.2. The Balaban J connectivity index is 2.18. The molecule has 2 rings (SSSR count). The average Bonchev–Trinajstić information content (AvgIpc) is 2.73. The quantitative estimate of drug-likeness (QED) is 0.793. The number of carbonyl (C=O) groups is 1. The monoisotopic (exact) mass is 292 g/mol. The molecule has 5 nitrogen and oxygen atoms in total. The molecule has 0 saturated carbocycles. The summed E-state index contributed by atoms with van der Waals surface area (Å²) in [6.45, 7) is 2.27. The highest BCUT2D eigenvalue weighted by atomic mass is 16.5. The van der Waals surface area contributed by atoms with Gasteiger partial charge in [0.2, 0.25) is 0 Å². The molecular formula is C16H24N2O3. The molecule has 0 radical (unpaired) electrons. The minimum absolute atomic E-state index is 0.0758. The van der Waals surface area contributed by atoms with Crippen LogP contribution < -0.4 is 15.2 Å². The van der Waals surface area contributed by atoms with Crippen LogP contribution in [0.1, 0.15) is 17.5 Å². The van der Waals surface area contributed by atoms with E-state index in [1.165, 1.54) is 11.1 Å². The Labute approximate surface area is 126 Å². The van der Waals surface area contributed by atoms with Crippen molar-refractivity contribution in [2.45, 2.75) is 25.3 Å². The van der Waals surface area contributed by atoms with Crippen LogP contribution in [0.3, 0.4) is 0 Å². The van der Waals surface area contributed by atoms with E-state index in [1.807, 2.05) is 0 Å². The standard InChI is InChI=1S/C16H24N2O3/c1-20-15-9-12-4-7-18(14(11-19)3-6-17)8-5-13(12)10-16(15)21-2/h9-11,14H,3-8,17H2,1-2H3. The van der Waals surface area contributed by atoms with E-state index in [-0.39, 0.29) is 6.04 Å². The van der Waals surface area contributed by atoms with Crippen molar-refractivity contribution in [3.8, 4) is 11.5 Å².